The van der Waals surface area contributed by atoms with E-state index in [9.17, 15) is 0 Å². The predicted octanol–water partition coefficient (Wildman–Crippen LogP) is 8.47. The molecule has 1 aromatic heterocycles. The first kappa shape index (κ1) is 24.3. The van der Waals surface area contributed by atoms with Gasteiger partial charge in [0.2, 0.25) is 0 Å². The van der Waals surface area contributed by atoms with Crippen LogP contribution in [0.15, 0.2) is 79.0 Å². The highest BCUT2D eigenvalue weighted by Crippen LogP contribution is 2.52. The van der Waals surface area contributed by atoms with Gasteiger partial charge < -0.3 is 0 Å². The molecule has 0 spiro atoms. The molecule has 3 heteroatoms. The first-order valence-electron chi connectivity index (χ1n) is 14.7. The lowest BCUT2D eigenvalue weighted by molar-refractivity contribution is 0.118. The molecule has 0 amide bonds. The third-order valence-corrected chi connectivity index (χ3v) is 10.1. The van der Waals surface area contributed by atoms with Gasteiger partial charge in [0.05, 0.1) is 21.4 Å². The van der Waals surface area contributed by atoms with Crippen molar-refractivity contribution >= 4 is 26.5 Å². The average molecular weight is 491 g/mol. The van der Waals surface area contributed by atoms with Gasteiger partial charge in [0, 0.05) is 11.8 Å². The quantitative estimate of drug-likeness (QED) is 0.261. The molecule has 0 aliphatic heterocycles. The summed E-state index contributed by atoms with van der Waals surface area (Å²) in [6.45, 7) is 0. The van der Waals surface area contributed by atoms with Gasteiger partial charge in [-0.1, -0.05) is 118 Å². The van der Waals surface area contributed by atoms with Gasteiger partial charge >= 0.3 is 0 Å². The normalized spacial score (nSPS) is 26.4. The predicted molar refractivity (Wildman–Crippen MR) is 161 cm³/mol. The minimum atomic E-state index is -0.319. The number of rotatable bonds is 4. The highest BCUT2D eigenvalue weighted by atomic mass is 14.7. The molecule has 3 aromatic carbocycles. The van der Waals surface area contributed by atoms with Crippen LogP contribution >= 0.6 is 0 Å². The number of hydrogen-bond donors (Lipinski definition) is 0. The van der Waals surface area contributed by atoms with Crippen LogP contribution in [0, 0.1) is 11.8 Å². The van der Waals surface area contributed by atoms with Crippen molar-refractivity contribution in [3.8, 4) is 22.4 Å². The van der Waals surface area contributed by atoms with Gasteiger partial charge in [0.1, 0.15) is 0 Å². The van der Waals surface area contributed by atoms with Crippen LogP contribution in [-0.2, 0) is 10.6 Å². The van der Waals surface area contributed by atoms with Gasteiger partial charge in [-0.2, -0.15) is 0 Å². The van der Waals surface area contributed by atoms with E-state index >= 15 is 0 Å². The summed E-state index contributed by atoms with van der Waals surface area (Å²) in [5.74, 6) is 1.42. The van der Waals surface area contributed by atoms with Gasteiger partial charge in [-0.05, 0) is 74.0 Å². The lowest BCUT2D eigenvalue weighted by Gasteiger charge is -2.51. The summed E-state index contributed by atoms with van der Waals surface area (Å²) in [5, 5.41) is 2.05. The van der Waals surface area contributed by atoms with Gasteiger partial charge in [-0.25, -0.2) is 0 Å². The fraction of sp³-hybridized carbons (Fsp3) is 0.400. The number of nitrogens with zero attached hydrogens (tertiary/aromatic N) is 1. The van der Waals surface area contributed by atoms with Crippen molar-refractivity contribution in [3.63, 3.8) is 0 Å². The van der Waals surface area contributed by atoms with Gasteiger partial charge in [0.25, 0.3) is 0 Å². The Bertz CT molecular complexity index is 1460. The van der Waals surface area contributed by atoms with Gasteiger partial charge in [-0.15, -0.1) is 0 Å². The average Bonchev–Trinajstić information content (AvgIpc) is 2.97. The summed E-state index contributed by atoms with van der Waals surface area (Å²) >= 11 is 0. The van der Waals surface area contributed by atoms with E-state index in [4.69, 9.17) is 20.7 Å². The molecule has 4 aliphatic rings. The molecule has 4 radical (unpaired) electrons. The standard InChI is InChI=1S/C35H35B2N/c36-34(17-5-2-6-18-34)32-23-38-33(25-7-3-1-4-8-25)21-31(32)28-12-11-27-20-30(16-13-26(27)19-28)35(37)22-24-9-14-29(35)15-10-24/h1,3-4,7-8,11-13,16,19-21,23-24,29H,2,5-6,9-10,14-15,17-18,22H2. The molecule has 1 unspecified atom stereocenters. The van der Waals surface area contributed by atoms with Gasteiger partial charge in [-0.3, -0.25) is 4.98 Å². The Labute approximate surface area is 230 Å². The second-order valence-corrected chi connectivity index (χ2v) is 12.4. The molecule has 8 rings (SSSR count). The van der Waals surface area contributed by atoms with Crippen molar-refractivity contribution in [2.75, 3.05) is 0 Å². The number of pyridine rings is 1. The molecular weight excluding hydrogens is 456 g/mol. The van der Waals surface area contributed by atoms with Crippen LogP contribution in [0.4, 0.5) is 0 Å². The van der Waals surface area contributed by atoms with Crippen LogP contribution in [0.25, 0.3) is 33.2 Å². The van der Waals surface area contributed by atoms with Crippen LogP contribution in [0.2, 0.25) is 0 Å². The highest BCUT2D eigenvalue weighted by Gasteiger charge is 2.44. The van der Waals surface area contributed by atoms with Crippen LogP contribution in [0.1, 0.15) is 75.3 Å². The summed E-state index contributed by atoms with van der Waals surface area (Å²) in [5.41, 5.74) is 7.08. The highest BCUT2D eigenvalue weighted by molar-refractivity contribution is 6.17. The summed E-state index contributed by atoms with van der Waals surface area (Å²) in [6, 6.07) is 26.6. The molecule has 38 heavy (non-hydrogen) atoms. The maximum absolute atomic E-state index is 7.15. The maximum atomic E-state index is 7.15. The smallest absolute Gasteiger partial charge is 0.0814 e. The third kappa shape index (κ3) is 4.14. The monoisotopic (exact) mass is 491 g/mol. The Kier molecular flexibility index (Phi) is 6.02. The van der Waals surface area contributed by atoms with Crippen molar-refractivity contribution in [2.24, 2.45) is 11.8 Å². The Morgan fingerprint density at radius 1 is 0.711 bits per heavy atom. The molecule has 2 bridgehead atoms. The molecule has 1 atom stereocenters. The fourth-order valence-corrected chi connectivity index (χ4v) is 7.89. The van der Waals surface area contributed by atoms with E-state index in [-0.39, 0.29) is 10.6 Å². The molecule has 4 aliphatic carbocycles. The van der Waals surface area contributed by atoms with Crippen LogP contribution in [-0.4, -0.2) is 20.7 Å². The number of fused-ring (bicyclic) bond motifs is 4. The zero-order valence-corrected chi connectivity index (χ0v) is 22.3. The van der Waals surface area contributed by atoms with Crippen molar-refractivity contribution in [2.45, 2.75) is 74.8 Å². The zero-order chi connectivity index (χ0) is 25.7. The second-order valence-electron chi connectivity index (χ2n) is 12.4. The Morgan fingerprint density at radius 3 is 2.18 bits per heavy atom. The Hall–Kier alpha value is -2.80. The molecular formula is C35H35B2N. The van der Waals surface area contributed by atoms with Crippen molar-refractivity contribution in [3.05, 3.63) is 90.1 Å². The summed E-state index contributed by atoms with van der Waals surface area (Å²) in [7, 11) is 14.3. The van der Waals surface area contributed by atoms with Crippen LogP contribution in [0.3, 0.4) is 0 Å². The van der Waals surface area contributed by atoms with Crippen molar-refractivity contribution in [1.29, 1.82) is 0 Å². The molecule has 1 heterocycles. The number of benzene rings is 3. The summed E-state index contributed by atoms with van der Waals surface area (Å²) in [4.78, 5) is 4.91. The van der Waals surface area contributed by atoms with E-state index in [1.54, 1.807) is 0 Å². The topological polar surface area (TPSA) is 12.9 Å². The molecule has 4 aromatic rings. The molecule has 4 saturated carbocycles. The Balaban J connectivity index is 1.31. The first-order chi connectivity index (χ1) is 18.5. The van der Waals surface area contributed by atoms with E-state index in [0.717, 1.165) is 36.4 Å². The zero-order valence-electron chi connectivity index (χ0n) is 22.3. The van der Waals surface area contributed by atoms with E-state index in [1.807, 2.05) is 0 Å². The Morgan fingerprint density at radius 2 is 1.45 bits per heavy atom. The summed E-state index contributed by atoms with van der Waals surface area (Å²) in [6.07, 6.45) is 14.2. The van der Waals surface area contributed by atoms with Crippen LogP contribution < -0.4 is 0 Å². The SMILES string of the molecule is [B]C1(c2cnc(-c3ccccc3)cc2-c2ccc3cc(C4([B])CC5CCC4CC5)ccc3c2)CCCCC1. The minimum absolute atomic E-state index is 0.163. The van der Waals surface area contributed by atoms with Crippen LogP contribution in [0.5, 0.6) is 0 Å². The lowest BCUT2D eigenvalue weighted by Crippen LogP contribution is -2.45. The van der Waals surface area contributed by atoms with E-state index in [0.29, 0.717) is 5.92 Å². The largest absolute Gasteiger partial charge is 0.256 e. The summed E-state index contributed by atoms with van der Waals surface area (Å²) < 4.78 is 0. The van der Waals surface area contributed by atoms with E-state index in [1.165, 1.54) is 78.0 Å². The van der Waals surface area contributed by atoms with Gasteiger partial charge in [0.15, 0.2) is 0 Å². The molecule has 4 fully saturated rings. The van der Waals surface area contributed by atoms with E-state index < -0.39 is 0 Å². The van der Waals surface area contributed by atoms with Crippen molar-refractivity contribution in [1.82, 2.24) is 4.98 Å². The fourth-order valence-electron chi connectivity index (χ4n) is 7.89. The molecule has 1 nitrogen and oxygen atoms in total. The second kappa shape index (κ2) is 9.44. The van der Waals surface area contributed by atoms with E-state index in [2.05, 4.69) is 79.0 Å². The van der Waals surface area contributed by atoms with Crippen molar-refractivity contribution < 1.29 is 0 Å². The third-order valence-electron chi connectivity index (χ3n) is 10.1. The lowest BCUT2D eigenvalue weighted by atomic mass is 9.45. The maximum Gasteiger partial charge on any atom is 0.0814 e. The minimum Gasteiger partial charge on any atom is -0.256 e. The molecule has 186 valence electrons. The first-order valence-corrected chi connectivity index (χ1v) is 14.7. The number of aromatic nitrogens is 1. The number of hydrogen-bond acceptors (Lipinski definition) is 1. The molecule has 0 saturated heterocycles. The molecule has 0 N–H and O–H groups in total.